The van der Waals surface area contributed by atoms with E-state index in [4.69, 9.17) is 0 Å². The second-order valence-corrected chi connectivity index (χ2v) is 7.41. The van der Waals surface area contributed by atoms with Gasteiger partial charge in [-0.15, -0.1) is 0 Å². The van der Waals surface area contributed by atoms with Crippen LogP contribution in [0.5, 0.6) is 0 Å². The molecule has 0 aromatic carbocycles. The predicted octanol–water partition coefficient (Wildman–Crippen LogP) is 3.30. The van der Waals surface area contributed by atoms with Crippen molar-refractivity contribution >= 4 is 0 Å². The average molecular weight is 207 g/mol. The third-order valence-corrected chi connectivity index (χ3v) is 4.92. The fourth-order valence-corrected chi connectivity index (χ4v) is 4.29. The van der Waals surface area contributed by atoms with Gasteiger partial charge < -0.3 is 0 Å². The summed E-state index contributed by atoms with van der Waals surface area (Å²) in [5, 5.41) is 0. The molecule has 1 aliphatic carbocycles. The van der Waals surface area contributed by atoms with Crippen LogP contribution in [0.4, 0.5) is 0 Å². The minimum atomic E-state index is 0.527. The minimum absolute atomic E-state index is 0.527. The van der Waals surface area contributed by atoms with Crippen molar-refractivity contribution in [2.75, 3.05) is 13.1 Å². The van der Waals surface area contributed by atoms with Gasteiger partial charge in [-0.05, 0) is 61.9 Å². The van der Waals surface area contributed by atoms with Crippen LogP contribution in [0.3, 0.4) is 0 Å². The molecule has 1 spiro atoms. The largest absolute Gasteiger partial charge is 0.300 e. The van der Waals surface area contributed by atoms with Gasteiger partial charge in [0.25, 0.3) is 0 Å². The van der Waals surface area contributed by atoms with Crippen LogP contribution in [0.25, 0.3) is 0 Å². The van der Waals surface area contributed by atoms with Crippen molar-refractivity contribution in [1.82, 2.24) is 4.90 Å². The highest BCUT2D eigenvalue weighted by atomic mass is 15.2. The predicted molar refractivity (Wildman–Crippen MR) is 63.8 cm³/mol. The van der Waals surface area contributed by atoms with Gasteiger partial charge in [-0.25, -0.2) is 0 Å². The lowest BCUT2D eigenvalue weighted by Gasteiger charge is -2.31. The highest BCUT2D eigenvalue weighted by Crippen LogP contribution is 2.61. The van der Waals surface area contributed by atoms with Gasteiger partial charge in [-0.3, -0.25) is 4.90 Å². The summed E-state index contributed by atoms with van der Waals surface area (Å²) in [6.45, 7) is 10.0. The van der Waals surface area contributed by atoms with E-state index in [2.05, 4.69) is 25.7 Å². The molecule has 0 aromatic heterocycles. The molecular weight excluding hydrogens is 182 g/mol. The van der Waals surface area contributed by atoms with Crippen molar-refractivity contribution in [3.8, 4) is 0 Å². The number of hydrogen-bond acceptors (Lipinski definition) is 1. The van der Waals surface area contributed by atoms with Crippen molar-refractivity contribution < 1.29 is 0 Å². The van der Waals surface area contributed by atoms with Crippen molar-refractivity contribution in [2.45, 2.75) is 58.9 Å². The molecule has 15 heavy (non-hydrogen) atoms. The van der Waals surface area contributed by atoms with Gasteiger partial charge in [0.15, 0.2) is 0 Å². The second-order valence-electron chi connectivity index (χ2n) is 7.41. The zero-order valence-corrected chi connectivity index (χ0v) is 10.6. The zero-order chi connectivity index (χ0) is 10.7. The highest BCUT2D eigenvalue weighted by Gasteiger charge is 2.59. The first-order chi connectivity index (χ1) is 7.00. The van der Waals surface area contributed by atoms with E-state index in [1.54, 1.807) is 0 Å². The Labute approximate surface area is 94.2 Å². The van der Waals surface area contributed by atoms with Crippen LogP contribution >= 0.6 is 0 Å². The molecule has 2 saturated heterocycles. The Balaban J connectivity index is 1.75. The molecule has 0 aromatic rings. The third kappa shape index (κ3) is 1.63. The smallest absolute Gasteiger partial charge is 0.0181 e. The summed E-state index contributed by atoms with van der Waals surface area (Å²) < 4.78 is 0. The Morgan fingerprint density at radius 3 is 2.47 bits per heavy atom. The topological polar surface area (TPSA) is 3.24 Å². The van der Waals surface area contributed by atoms with Crippen molar-refractivity contribution in [1.29, 1.82) is 0 Å². The fraction of sp³-hybridized carbons (Fsp3) is 1.00. The molecule has 0 N–H and O–H groups in total. The van der Waals surface area contributed by atoms with E-state index in [0.717, 1.165) is 17.4 Å². The first-order valence-corrected chi connectivity index (χ1v) is 6.74. The van der Waals surface area contributed by atoms with Crippen LogP contribution in [-0.2, 0) is 0 Å². The van der Waals surface area contributed by atoms with Crippen LogP contribution < -0.4 is 0 Å². The standard InChI is InChI=1S/C14H25N/c1-13(2,3)10-11-4-8-15-9-7-14(5-6-14)12(11)15/h11-12H,4-10H2,1-3H3. The van der Waals surface area contributed by atoms with Crippen molar-refractivity contribution in [2.24, 2.45) is 16.7 Å². The van der Waals surface area contributed by atoms with Crippen molar-refractivity contribution in [3.05, 3.63) is 0 Å². The average Bonchev–Trinajstić information content (AvgIpc) is 2.62. The molecule has 86 valence electrons. The molecule has 0 amide bonds. The summed E-state index contributed by atoms with van der Waals surface area (Å²) in [5.41, 5.74) is 1.34. The molecule has 0 radical (unpaired) electrons. The van der Waals surface area contributed by atoms with Crippen LogP contribution in [0.1, 0.15) is 52.9 Å². The number of fused-ring (bicyclic) bond motifs is 2. The molecule has 1 nitrogen and oxygen atoms in total. The van der Waals surface area contributed by atoms with Crippen LogP contribution in [-0.4, -0.2) is 24.0 Å². The molecule has 2 unspecified atom stereocenters. The number of nitrogens with zero attached hydrogens (tertiary/aromatic N) is 1. The maximum Gasteiger partial charge on any atom is 0.0181 e. The van der Waals surface area contributed by atoms with Gasteiger partial charge in [0, 0.05) is 6.04 Å². The Bertz CT molecular complexity index is 259. The summed E-state index contributed by atoms with van der Waals surface area (Å²) in [5.74, 6) is 1.01. The van der Waals surface area contributed by atoms with Gasteiger partial charge in [-0.2, -0.15) is 0 Å². The van der Waals surface area contributed by atoms with Gasteiger partial charge in [0.05, 0.1) is 0 Å². The summed E-state index contributed by atoms with van der Waals surface area (Å²) in [6, 6.07) is 0.983. The van der Waals surface area contributed by atoms with E-state index in [0.29, 0.717) is 5.41 Å². The van der Waals surface area contributed by atoms with E-state index < -0.39 is 0 Å². The fourth-order valence-electron chi connectivity index (χ4n) is 4.29. The molecule has 2 atom stereocenters. The second kappa shape index (κ2) is 3.00. The van der Waals surface area contributed by atoms with E-state index in [1.165, 1.54) is 45.2 Å². The quantitative estimate of drug-likeness (QED) is 0.637. The maximum absolute atomic E-state index is 2.81. The van der Waals surface area contributed by atoms with E-state index >= 15 is 0 Å². The van der Waals surface area contributed by atoms with Crippen LogP contribution in [0.15, 0.2) is 0 Å². The van der Waals surface area contributed by atoms with Crippen molar-refractivity contribution in [3.63, 3.8) is 0 Å². The number of hydrogen-bond donors (Lipinski definition) is 0. The maximum atomic E-state index is 2.81. The summed E-state index contributed by atoms with van der Waals surface area (Å²) in [7, 11) is 0. The molecular formula is C14H25N. The first kappa shape index (κ1) is 10.1. The van der Waals surface area contributed by atoms with Gasteiger partial charge >= 0.3 is 0 Å². The molecule has 1 heteroatoms. The molecule has 1 saturated carbocycles. The van der Waals surface area contributed by atoms with E-state index in [-0.39, 0.29) is 0 Å². The Hall–Kier alpha value is -0.0400. The Morgan fingerprint density at radius 1 is 1.13 bits per heavy atom. The van der Waals surface area contributed by atoms with Crippen LogP contribution in [0.2, 0.25) is 0 Å². The Kier molecular flexibility index (Phi) is 2.03. The monoisotopic (exact) mass is 207 g/mol. The summed E-state index contributed by atoms with van der Waals surface area (Å²) in [6.07, 6.45) is 7.50. The van der Waals surface area contributed by atoms with E-state index in [1.807, 2.05) is 0 Å². The molecule has 3 aliphatic rings. The molecule has 3 fully saturated rings. The molecule has 0 bridgehead atoms. The lowest BCUT2D eigenvalue weighted by atomic mass is 9.77. The lowest BCUT2D eigenvalue weighted by Crippen LogP contribution is -2.33. The number of rotatable bonds is 1. The normalized spacial score (nSPS) is 38.6. The SMILES string of the molecule is CC(C)(C)CC1CCN2CCC3(CC3)C12. The highest BCUT2D eigenvalue weighted by molar-refractivity contribution is 5.12. The molecule has 2 aliphatic heterocycles. The zero-order valence-electron chi connectivity index (χ0n) is 10.6. The van der Waals surface area contributed by atoms with Crippen LogP contribution in [0, 0.1) is 16.7 Å². The van der Waals surface area contributed by atoms with Gasteiger partial charge in [0.2, 0.25) is 0 Å². The van der Waals surface area contributed by atoms with E-state index in [9.17, 15) is 0 Å². The van der Waals surface area contributed by atoms with Gasteiger partial charge in [0.1, 0.15) is 0 Å². The minimum Gasteiger partial charge on any atom is -0.300 e. The van der Waals surface area contributed by atoms with Gasteiger partial charge in [-0.1, -0.05) is 20.8 Å². The molecule has 2 heterocycles. The lowest BCUT2D eigenvalue weighted by molar-refractivity contribution is 0.191. The third-order valence-electron chi connectivity index (χ3n) is 4.92. The Morgan fingerprint density at radius 2 is 1.87 bits per heavy atom. The molecule has 3 rings (SSSR count). The first-order valence-electron chi connectivity index (χ1n) is 6.74. The summed E-state index contributed by atoms with van der Waals surface area (Å²) in [4.78, 5) is 2.81. The summed E-state index contributed by atoms with van der Waals surface area (Å²) >= 11 is 0.